The number of carboxylic acid groups (broad SMARTS) is 1. The number of carboxylic acids is 1. The molecular formula is C86H74F6N8O12. The molecule has 4 amide bonds. The van der Waals surface area contributed by atoms with Gasteiger partial charge in [-0.3, -0.25) is 28.8 Å². The normalized spacial score (nSPS) is 11.4. The van der Waals surface area contributed by atoms with Gasteiger partial charge in [-0.05, 0) is 176 Å². The van der Waals surface area contributed by atoms with Crippen molar-refractivity contribution in [3.63, 3.8) is 0 Å². The van der Waals surface area contributed by atoms with Crippen molar-refractivity contribution in [1.82, 2.24) is 30.1 Å². The second-order valence-electron chi connectivity index (χ2n) is 27.1. The summed E-state index contributed by atoms with van der Waals surface area (Å²) in [6.45, 7) is 8.35. The molecule has 3 N–H and O–H groups in total. The van der Waals surface area contributed by atoms with Crippen LogP contribution >= 0.6 is 0 Å². The van der Waals surface area contributed by atoms with Crippen LogP contribution < -0.4 is 20.1 Å². The van der Waals surface area contributed by atoms with Crippen molar-refractivity contribution in [2.24, 2.45) is 0 Å². The SMILES string of the molecule is COc1ccc(CC(=O)Nc2ccc(C(=O)N(CC(=O)O)Cc3ccc(-c4noc(-c5ccc(-c6ccc(C)cc6)cc5)n4)cc3)cc2)c(C(F)(F)F)c1.COc1ccc(CC(=O)Nc2ccc(C(=O)N(CC(=O)OC(C)(C)C)Cc3ccc(-c4noc(-c5ccc(-c6ccc(C)cc6)cc5)n4)cc3)cc2)c(C(F)(F)F)c1. The molecule has 12 rings (SSSR count). The molecule has 0 saturated carbocycles. The number of anilines is 2. The Morgan fingerprint density at radius 2 is 0.759 bits per heavy atom. The molecule has 10 aromatic carbocycles. The van der Waals surface area contributed by atoms with E-state index in [9.17, 15) is 60.2 Å². The van der Waals surface area contributed by atoms with Gasteiger partial charge in [-0.25, -0.2) is 0 Å². The lowest BCUT2D eigenvalue weighted by Crippen LogP contribution is -2.38. The number of carbonyl (C=O) groups excluding carboxylic acids is 5. The number of esters is 1. The molecule has 0 radical (unpaired) electrons. The van der Waals surface area contributed by atoms with Crippen LogP contribution in [-0.4, -0.2) is 104 Å². The Hall–Kier alpha value is -13.5. The number of halogens is 6. The maximum Gasteiger partial charge on any atom is 0.416 e. The number of aliphatic carboxylic acids is 1. The molecule has 0 aliphatic carbocycles. The Morgan fingerprint density at radius 1 is 0.429 bits per heavy atom. The van der Waals surface area contributed by atoms with Crippen LogP contribution in [0, 0.1) is 13.8 Å². The minimum absolute atomic E-state index is 0.00968. The van der Waals surface area contributed by atoms with Crippen LogP contribution in [-0.2, 0) is 62.2 Å². The number of ether oxygens (including phenoxy) is 3. The van der Waals surface area contributed by atoms with Gasteiger partial charge in [0.25, 0.3) is 23.6 Å². The number of nitrogens with zero attached hydrogens (tertiary/aromatic N) is 6. The van der Waals surface area contributed by atoms with E-state index in [-0.39, 0.29) is 64.8 Å². The molecule has 572 valence electrons. The minimum atomic E-state index is -4.69. The molecular weight excluding hydrogens is 1450 g/mol. The summed E-state index contributed by atoms with van der Waals surface area (Å²) in [6, 6.07) is 64.5. The van der Waals surface area contributed by atoms with Crippen molar-refractivity contribution >= 4 is 46.9 Å². The summed E-state index contributed by atoms with van der Waals surface area (Å²) < 4.78 is 108. The Kier molecular flexibility index (Phi) is 24.7. The highest BCUT2D eigenvalue weighted by Gasteiger charge is 2.36. The molecule has 0 spiro atoms. The Labute approximate surface area is 639 Å². The van der Waals surface area contributed by atoms with E-state index in [4.69, 9.17) is 23.3 Å². The zero-order chi connectivity index (χ0) is 80.0. The van der Waals surface area contributed by atoms with Gasteiger partial charge < -0.3 is 48.8 Å². The lowest BCUT2D eigenvalue weighted by atomic mass is 10.0. The van der Waals surface area contributed by atoms with Gasteiger partial charge in [-0.2, -0.15) is 36.3 Å². The number of alkyl halides is 6. The first-order valence-corrected chi connectivity index (χ1v) is 34.9. The number of hydrogen-bond donors (Lipinski definition) is 3. The Bertz CT molecular complexity index is 5320. The van der Waals surface area contributed by atoms with Crippen molar-refractivity contribution in [1.29, 1.82) is 0 Å². The largest absolute Gasteiger partial charge is 0.497 e. The highest BCUT2D eigenvalue weighted by atomic mass is 19.4. The van der Waals surface area contributed by atoms with Crippen LogP contribution in [0.25, 0.3) is 67.9 Å². The van der Waals surface area contributed by atoms with E-state index < -0.39 is 84.0 Å². The van der Waals surface area contributed by atoms with Crippen LogP contribution in [0.2, 0.25) is 0 Å². The van der Waals surface area contributed by atoms with Gasteiger partial charge in [0.2, 0.25) is 23.5 Å². The molecule has 20 nitrogen and oxygen atoms in total. The van der Waals surface area contributed by atoms with Gasteiger partial charge in [0.1, 0.15) is 30.2 Å². The highest BCUT2D eigenvalue weighted by Crippen LogP contribution is 2.38. The number of rotatable bonds is 24. The summed E-state index contributed by atoms with van der Waals surface area (Å²) in [7, 11) is 2.50. The number of amides is 4. The first kappa shape index (κ1) is 79.5. The van der Waals surface area contributed by atoms with Crippen LogP contribution in [0.5, 0.6) is 11.5 Å². The van der Waals surface area contributed by atoms with Crippen molar-refractivity contribution in [3.05, 3.63) is 286 Å². The van der Waals surface area contributed by atoms with E-state index in [1.807, 2.05) is 62.4 Å². The summed E-state index contributed by atoms with van der Waals surface area (Å²) in [5.41, 5.74) is 8.57. The Morgan fingerprint density at radius 3 is 1.09 bits per heavy atom. The molecule has 0 aliphatic heterocycles. The summed E-state index contributed by atoms with van der Waals surface area (Å²) in [6.07, 6.45) is -10.5. The fraction of sp³-hybridized carbons (Fsp3) is 0.186. The topological polar surface area (TPSA) is 259 Å². The van der Waals surface area contributed by atoms with Gasteiger partial charge in [0.05, 0.1) is 38.2 Å². The average molecular weight is 1530 g/mol. The lowest BCUT2D eigenvalue weighted by Gasteiger charge is -2.25. The zero-order valence-corrected chi connectivity index (χ0v) is 61.6. The molecule has 2 heterocycles. The predicted octanol–water partition coefficient (Wildman–Crippen LogP) is 17.9. The second kappa shape index (κ2) is 34.8. The third-order valence-electron chi connectivity index (χ3n) is 17.5. The summed E-state index contributed by atoms with van der Waals surface area (Å²) in [4.78, 5) is 88.9. The number of carbonyl (C=O) groups is 6. The fourth-order valence-corrected chi connectivity index (χ4v) is 11.8. The van der Waals surface area contributed by atoms with Gasteiger partial charge in [0.15, 0.2) is 0 Å². The second-order valence-corrected chi connectivity index (χ2v) is 27.1. The van der Waals surface area contributed by atoms with Crippen molar-refractivity contribution in [2.75, 3.05) is 37.9 Å². The third-order valence-corrected chi connectivity index (χ3v) is 17.5. The molecule has 2 aromatic heterocycles. The van der Waals surface area contributed by atoms with Gasteiger partial charge >= 0.3 is 24.3 Å². The average Bonchev–Trinajstić information content (AvgIpc) is 1.10. The molecule has 0 bridgehead atoms. The molecule has 0 atom stereocenters. The number of aromatic nitrogens is 4. The quantitative estimate of drug-likeness (QED) is 0.0375. The number of benzene rings is 10. The van der Waals surface area contributed by atoms with E-state index in [1.54, 1.807) is 69.3 Å². The monoisotopic (exact) mass is 1520 g/mol. The number of nitrogens with one attached hydrogen (secondary N) is 2. The molecule has 26 heteroatoms. The summed E-state index contributed by atoms with van der Waals surface area (Å²) in [5, 5.41) is 22.9. The molecule has 0 unspecified atom stereocenters. The van der Waals surface area contributed by atoms with Crippen molar-refractivity contribution < 1.29 is 83.5 Å². The lowest BCUT2D eigenvalue weighted by molar-refractivity contribution is -0.155. The predicted molar refractivity (Wildman–Crippen MR) is 407 cm³/mol. The van der Waals surface area contributed by atoms with Gasteiger partial charge in [-0.15, -0.1) is 0 Å². The first-order chi connectivity index (χ1) is 53.4. The maximum atomic E-state index is 13.8. The molecule has 0 saturated heterocycles. The fourth-order valence-electron chi connectivity index (χ4n) is 11.8. The number of hydrogen-bond acceptors (Lipinski definition) is 15. The van der Waals surface area contributed by atoms with Gasteiger partial charge in [0, 0.05) is 57.8 Å². The Balaban J connectivity index is 0.000000222. The van der Waals surface area contributed by atoms with E-state index in [0.717, 1.165) is 50.4 Å². The summed E-state index contributed by atoms with van der Waals surface area (Å²) >= 11 is 0. The smallest absolute Gasteiger partial charge is 0.416 e. The first-order valence-electron chi connectivity index (χ1n) is 34.9. The van der Waals surface area contributed by atoms with Crippen molar-refractivity contribution in [2.45, 2.75) is 78.5 Å². The molecule has 12 aromatic rings. The summed E-state index contributed by atoms with van der Waals surface area (Å²) in [5.74, 6) is -2.81. The van der Waals surface area contributed by atoms with Crippen LogP contribution in [0.4, 0.5) is 37.7 Å². The van der Waals surface area contributed by atoms with E-state index in [0.29, 0.717) is 45.7 Å². The number of aryl methyl sites for hydroxylation is 2. The molecule has 0 aliphatic rings. The molecule has 112 heavy (non-hydrogen) atoms. The van der Waals surface area contributed by atoms with E-state index in [2.05, 4.69) is 79.4 Å². The number of methoxy groups -OCH3 is 2. The standard InChI is InChI=1S/C45H41F3N4O6.C41H33F3N4O6/c1-28-6-10-30(11-7-28)31-14-16-33(17-15-31)42-50-41(51-58-42)32-12-8-29(9-13-32)26-52(27-40(54)57-44(2,3)4)43(55)34-18-21-36(22-19-34)49-39(53)24-35-20-23-37(56-5)25-38(35)45(46,47)48;1-25-3-7-27(8-4-25)28-11-13-30(14-12-28)39-46-38(47-54-39)29-9-5-26(6-10-29)23-48(24-37(50)51)40(52)31-15-18-33(19-16-31)45-36(49)21-32-17-20-34(53-2)22-35(32)41(42,43)44/h6-23,25H,24,26-27H2,1-5H3,(H,49,53);3-20,22H,21,23-24H2,1-2H3,(H,45,49)(H,50,51). The van der Waals surface area contributed by atoms with Crippen molar-refractivity contribution in [3.8, 4) is 79.4 Å². The van der Waals surface area contributed by atoms with Crippen LogP contribution in [0.15, 0.2) is 240 Å². The third kappa shape index (κ3) is 21.2. The minimum Gasteiger partial charge on any atom is -0.497 e. The van der Waals surface area contributed by atoms with Crippen LogP contribution in [0.3, 0.4) is 0 Å². The van der Waals surface area contributed by atoms with E-state index in [1.165, 1.54) is 103 Å². The van der Waals surface area contributed by atoms with Crippen LogP contribution in [0.1, 0.15) is 86.0 Å². The van der Waals surface area contributed by atoms with E-state index >= 15 is 0 Å². The molecule has 0 fully saturated rings. The van der Waals surface area contributed by atoms with Gasteiger partial charge in [-0.1, -0.05) is 155 Å². The highest BCUT2D eigenvalue weighted by molar-refractivity contribution is 5.99. The zero-order valence-electron chi connectivity index (χ0n) is 61.6. The maximum absolute atomic E-state index is 13.8.